The van der Waals surface area contributed by atoms with Gasteiger partial charge in [0.2, 0.25) is 5.91 Å². The average Bonchev–Trinajstić information content (AvgIpc) is 2.85. The van der Waals surface area contributed by atoms with E-state index in [0.29, 0.717) is 12.3 Å². The van der Waals surface area contributed by atoms with Crippen LogP contribution in [0, 0.1) is 5.92 Å². The standard InChI is InChI=1S/C15H26N4O/c1-15(2,3)19-9-12(6-14(19)20)8-17(4)10-13-7-16-11-18(13)5/h7,11-12H,6,8-10H2,1-5H3/t12-/m0/s1. The molecule has 1 atom stereocenters. The van der Waals surface area contributed by atoms with Crippen LogP contribution in [0.5, 0.6) is 0 Å². The molecule has 0 unspecified atom stereocenters. The molecular weight excluding hydrogens is 252 g/mol. The van der Waals surface area contributed by atoms with Crippen molar-refractivity contribution in [3.63, 3.8) is 0 Å². The molecule has 20 heavy (non-hydrogen) atoms. The summed E-state index contributed by atoms with van der Waals surface area (Å²) in [7, 11) is 4.12. The molecule has 0 saturated carbocycles. The molecule has 1 amide bonds. The van der Waals surface area contributed by atoms with E-state index in [2.05, 4.69) is 37.7 Å². The zero-order chi connectivity index (χ0) is 14.9. The average molecular weight is 278 g/mol. The Morgan fingerprint density at radius 3 is 2.65 bits per heavy atom. The van der Waals surface area contributed by atoms with Gasteiger partial charge in [-0.05, 0) is 33.7 Å². The second-order valence-corrected chi connectivity index (χ2v) is 6.94. The van der Waals surface area contributed by atoms with Crippen LogP contribution in [0.4, 0.5) is 0 Å². The van der Waals surface area contributed by atoms with Crippen molar-refractivity contribution in [1.29, 1.82) is 0 Å². The molecule has 1 fully saturated rings. The Bertz CT molecular complexity index is 474. The van der Waals surface area contributed by atoms with E-state index in [1.54, 1.807) is 0 Å². The number of likely N-dealkylation sites (tertiary alicyclic amines) is 1. The summed E-state index contributed by atoms with van der Waals surface area (Å²) in [4.78, 5) is 20.5. The quantitative estimate of drug-likeness (QED) is 0.838. The van der Waals surface area contributed by atoms with E-state index >= 15 is 0 Å². The van der Waals surface area contributed by atoms with Gasteiger partial charge < -0.3 is 14.4 Å². The van der Waals surface area contributed by atoms with Gasteiger partial charge in [-0.3, -0.25) is 4.79 Å². The van der Waals surface area contributed by atoms with Crippen molar-refractivity contribution >= 4 is 5.91 Å². The zero-order valence-corrected chi connectivity index (χ0v) is 13.3. The van der Waals surface area contributed by atoms with Crippen LogP contribution in [-0.2, 0) is 18.4 Å². The first kappa shape index (κ1) is 15.0. The van der Waals surface area contributed by atoms with Crippen molar-refractivity contribution in [2.45, 2.75) is 39.3 Å². The molecular formula is C15H26N4O. The first-order valence-electron chi connectivity index (χ1n) is 7.21. The molecule has 5 nitrogen and oxygen atoms in total. The van der Waals surface area contributed by atoms with Crippen molar-refractivity contribution < 1.29 is 4.79 Å². The lowest BCUT2D eigenvalue weighted by molar-refractivity contribution is -0.131. The summed E-state index contributed by atoms with van der Waals surface area (Å²) in [5.74, 6) is 0.719. The lowest BCUT2D eigenvalue weighted by Crippen LogP contribution is -2.42. The van der Waals surface area contributed by atoms with E-state index in [1.165, 1.54) is 5.69 Å². The maximum Gasteiger partial charge on any atom is 0.223 e. The Balaban J connectivity index is 1.89. The van der Waals surface area contributed by atoms with Gasteiger partial charge in [-0.25, -0.2) is 4.98 Å². The largest absolute Gasteiger partial charge is 0.338 e. The smallest absolute Gasteiger partial charge is 0.223 e. The van der Waals surface area contributed by atoms with Gasteiger partial charge in [-0.1, -0.05) is 0 Å². The lowest BCUT2D eigenvalue weighted by atomic mass is 10.1. The highest BCUT2D eigenvalue weighted by molar-refractivity contribution is 5.79. The van der Waals surface area contributed by atoms with Gasteiger partial charge in [0.05, 0.1) is 12.0 Å². The third-order valence-electron chi connectivity index (χ3n) is 3.93. The molecule has 112 valence electrons. The monoisotopic (exact) mass is 278 g/mol. The molecule has 0 bridgehead atoms. The Morgan fingerprint density at radius 2 is 2.15 bits per heavy atom. The van der Waals surface area contributed by atoms with Gasteiger partial charge in [0, 0.05) is 44.8 Å². The maximum absolute atomic E-state index is 12.1. The van der Waals surface area contributed by atoms with E-state index in [1.807, 2.05) is 29.0 Å². The van der Waals surface area contributed by atoms with Crippen LogP contribution >= 0.6 is 0 Å². The third-order valence-corrected chi connectivity index (χ3v) is 3.93. The number of hydrogen-bond acceptors (Lipinski definition) is 3. The van der Waals surface area contributed by atoms with Crippen LogP contribution in [0.3, 0.4) is 0 Å². The molecule has 0 radical (unpaired) electrons. The predicted molar refractivity (Wildman–Crippen MR) is 79.1 cm³/mol. The highest BCUT2D eigenvalue weighted by Gasteiger charge is 2.36. The molecule has 1 aliphatic rings. The molecule has 5 heteroatoms. The summed E-state index contributed by atoms with van der Waals surface area (Å²) in [6.07, 6.45) is 4.40. The Hall–Kier alpha value is -1.36. The Kier molecular flexibility index (Phi) is 4.18. The number of amides is 1. The molecule has 2 heterocycles. The minimum Gasteiger partial charge on any atom is -0.338 e. The molecule has 0 aliphatic carbocycles. The number of hydrogen-bond donors (Lipinski definition) is 0. The van der Waals surface area contributed by atoms with Gasteiger partial charge in [-0.2, -0.15) is 0 Å². The third kappa shape index (κ3) is 3.39. The van der Waals surface area contributed by atoms with Gasteiger partial charge >= 0.3 is 0 Å². The van der Waals surface area contributed by atoms with Crippen molar-refractivity contribution in [3.05, 3.63) is 18.2 Å². The number of aromatic nitrogens is 2. The second-order valence-electron chi connectivity index (χ2n) is 6.94. The van der Waals surface area contributed by atoms with Gasteiger partial charge in [-0.15, -0.1) is 0 Å². The summed E-state index contributed by atoms with van der Waals surface area (Å²) in [5.41, 5.74) is 1.14. The van der Waals surface area contributed by atoms with Crippen molar-refractivity contribution in [1.82, 2.24) is 19.4 Å². The second kappa shape index (κ2) is 5.56. The summed E-state index contributed by atoms with van der Waals surface area (Å²) < 4.78 is 2.04. The normalized spacial score (nSPS) is 20.2. The van der Waals surface area contributed by atoms with E-state index in [9.17, 15) is 4.79 Å². The summed E-state index contributed by atoms with van der Waals surface area (Å²) >= 11 is 0. The lowest BCUT2D eigenvalue weighted by Gasteiger charge is -2.32. The number of rotatable bonds is 4. The number of nitrogens with zero attached hydrogens (tertiary/aromatic N) is 4. The topological polar surface area (TPSA) is 41.4 Å². The molecule has 0 aromatic carbocycles. The van der Waals surface area contributed by atoms with Gasteiger partial charge in [0.15, 0.2) is 0 Å². The number of imidazole rings is 1. The van der Waals surface area contributed by atoms with Crippen LogP contribution in [0.15, 0.2) is 12.5 Å². The minimum absolute atomic E-state index is 0.0631. The molecule has 0 spiro atoms. The number of carbonyl (C=O) groups is 1. The fourth-order valence-electron chi connectivity index (χ4n) is 2.87. The highest BCUT2D eigenvalue weighted by Crippen LogP contribution is 2.26. The van der Waals surface area contributed by atoms with E-state index in [-0.39, 0.29) is 11.4 Å². The summed E-state index contributed by atoms with van der Waals surface area (Å²) in [6.45, 7) is 9.00. The van der Waals surface area contributed by atoms with Gasteiger partial charge in [0.1, 0.15) is 0 Å². The van der Waals surface area contributed by atoms with Gasteiger partial charge in [0.25, 0.3) is 0 Å². The van der Waals surface area contributed by atoms with E-state index in [4.69, 9.17) is 0 Å². The minimum atomic E-state index is -0.0631. The molecule has 0 N–H and O–H groups in total. The molecule has 1 saturated heterocycles. The fraction of sp³-hybridized carbons (Fsp3) is 0.733. The van der Waals surface area contributed by atoms with Crippen LogP contribution in [0.2, 0.25) is 0 Å². The molecule has 2 rings (SSSR count). The molecule has 1 aromatic rings. The number of carbonyl (C=O) groups excluding carboxylic acids is 1. The fourth-order valence-corrected chi connectivity index (χ4v) is 2.87. The Labute approximate surface area is 121 Å². The van der Waals surface area contributed by atoms with Crippen LogP contribution in [0.1, 0.15) is 32.9 Å². The predicted octanol–water partition coefficient (Wildman–Crippen LogP) is 1.50. The van der Waals surface area contributed by atoms with Crippen LogP contribution in [0.25, 0.3) is 0 Å². The SMILES string of the molecule is CN(Cc1cncn1C)C[C@@H]1CC(=O)N(C(C)(C)C)C1. The van der Waals surface area contributed by atoms with E-state index in [0.717, 1.165) is 19.6 Å². The van der Waals surface area contributed by atoms with Crippen molar-refractivity contribution in [2.75, 3.05) is 20.1 Å². The highest BCUT2D eigenvalue weighted by atomic mass is 16.2. The van der Waals surface area contributed by atoms with Crippen molar-refractivity contribution in [2.24, 2.45) is 13.0 Å². The molecule has 1 aromatic heterocycles. The maximum atomic E-state index is 12.1. The Morgan fingerprint density at radius 1 is 1.45 bits per heavy atom. The first-order valence-corrected chi connectivity index (χ1v) is 7.21. The number of aryl methyl sites for hydroxylation is 1. The van der Waals surface area contributed by atoms with Crippen LogP contribution in [-0.4, -0.2) is 50.9 Å². The summed E-state index contributed by atoms with van der Waals surface area (Å²) in [5, 5.41) is 0. The zero-order valence-electron chi connectivity index (χ0n) is 13.3. The van der Waals surface area contributed by atoms with E-state index < -0.39 is 0 Å². The summed E-state index contributed by atoms with van der Waals surface area (Å²) in [6, 6.07) is 0. The van der Waals surface area contributed by atoms with Crippen LogP contribution < -0.4 is 0 Å². The van der Waals surface area contributed by atoms with Crippen molar-refractivity contribution in [3.8, 4) is 0 Å². The molecule has 1 aliphatic heterocycles. The first-order chi connectivity index (χ1) is 9.27.